The lowest BCUT2D eigenvalue weighted by Gasteiger charge is -2.08. The summed E-state index contributed by atoms with van der Waals surface area (Å²) in [4.78, 5) is 28.6. The molecule has 0 bridgehead atoms. The van der Waals surface area contributed by atoms with Gasteiger partial charge in [-0.05, 0) is 13.8 Å². The van der Waals surface area contributed by atoms with Crippen LogP contribution in [0.5, 0.6) is 0 Å². The average Bonchev–Trinajstić information content (AvgIpc) is 2.28. The summed E-state index contributed by atoms with van der Waals surface area (Å²) in [5, 5.41) is 15.9. The number of amides is 1. The van der Waals surface area contributed by atoms with Crippen LogP contribution in [-0.2, 0) is 4.79 Å². The Morgan fingerprint density at radius 3 is 2.56 bits per heavy atom. The van der Waals surface area contributed by atoms with Crippen LogP contribution in [0, 0.1) is 10.1 Å². The van der Waals surface area contributed by atoms with Gasteiger partial charge in [-0.15, -0.1) is 0 Å². The number of nitrogens with one attached hydrogen (secondary N) is 2. The van der Waals surface area contributed by atoms with E-state index in [1.54, 1.807) is 0 Å². The quantitative estimate of drug-likeness (QED) is 0.570. The highest BCUT2D eigenvalue weighted by Crippen LogP contribution is 2.07. The lowest BCUT2D eigenvalue weighted by Crippen LogP contribution is -2.31. The molecule has 0 radical (unpaired) electrons. The van der Waals surface area contributed by atoms with Gasteiger partial charge in [0.25, 0.3) is 0 Å². The monoisotopic (exact) mass is 253 g/mol. The minimum atomic E-state index is -0.570. The van der Waals surface area contributed by atoms with E-state index < -0.39 is 4.92 Å². The Bertz CT molecular complexity index is 418. The number of aromatic nitrogens is 2. The molecule has 1 aromatic heterocycles. The molecule has 0 saturated carbocycles. The molecule has 1 heterocycles. The third kappa shape index (κ3) is 4.73. The molecule has 98 valence electrons. The molecule has 2 N–H and O–H groups in total. The van der Waals surface area contributed by atoms with E-state index in [9.17, 15) is 14.9 Å². The third-order valence-electron chi connectivity index (χ3n) is 1.93. The van der Waals surface area contributed by atoms with Gasteiger partial charge < -0.3 is 10.6 Å². The predicted octanol–water partition coefficient (Wildman–Crippen LogP) is 0.711. The average molecular weight is 253 g/mol. The maximum absolute atomic E-state index is 11.3. The van der Waals surface area contributed by atoms with E-state index in [-0.39, 0.29) is 23.6 Å². The summed E-state index contributed by atoms with van der Waals surface area (Å²) in [5.74, 6) is 0.192. The largest absolute Gasteiger partial charge is 0.354 e. The molecular formula is C10H15N5O3. The summed E-state index contributed by atoms with van der Waals surface area (Å²) in [6, 6.07) is 0.105. The van der Waals surface area contributed by atoms with Gasteiger partial charge in [-0.1, -0.05) is 0 Å². The Kier molecular flexibility index (Phi) is 4.97. The molecule has 0 unspecified atom stereocenters. The maximum atomic E-state index is 11.3. The molecule has 1 amide bonds. The summed E-state index contributed by atoms with van der Waals surface area (Å²) in [6.07, 6.45) is 2.52. The maximum Gasteiger partial charge on any atom is 0.305 e. The van der Waals surface area contributed by atoms with Gasteiger partial charge in [0.1, 0.15) is 12.4 Å². The van der Waals surface area contributed by atoms with Crippen molar-refractivity contribution in [2.75, 3.05) is 11.9 Å². The molecule has 8 heteroatoms. The highest BCUT2D eigenvalue weighted by molar-refractivity contribution is 5.76. The SMILES string of the molecule is CC(C)NC(=O)CCNc1ncc([N+](=O)[O-])cn1. The second kappa shape index (κ2) is 6.48. The van der Waals surface area contributed by atoms with Gasteiger partial charge in [0.2, 0.25) is 11.9 Å². The van der Waals surface area contributed by atoms with Crippen molar-refractivity contribution in [2.24, 2.45) is 0 Å². The zero-order chi connectivity index (χ0) is 13.5. The lowest BCUT2D eigenvalue weighted by atomic mass is 10.3. The zero-order valence-corrected chi connectivity index (χ0v) is 10.2. The number of hydrogen-bond donors (Lipinski definition) is 2. The van der Waals surface area contributed by atoms with Gasteiger partial charge in [0.05, 0.1) is 4.92 Å². The van der Waals surface area contributed by atoms with Crippen LogP contribution in [0.2, 0.25) is 0 Å². The van der Waals surface area contributed by atoms with Crippen LogP contribution < -0.4 is 10.6 Å². The van der Waals surface area contributed by atoms with Crippen molar-refractivity contribution >= 4 is 17.5 Å². The summed E-state index contributed by atoms with van der Waals surface area (Å²) in [5.41, 5.74) is -0.168. The molecule has 8 nitrogen and oxygen atoms in total. The molecule has 0 fully saturated rings. The molecule has 0 aliphatic heterocycles. The van der Waals surface area contributed by atoms with E-state index >= 15 is 0 Å². The van der Waals surface area contributed by atoms with Gasteiger partial charge in [-0.25, -0.2) is 9.97 Å². The molecule has 18 heavy (non-hydrogen) atoms. The van der Waals surface area contributed by atoms with Gasteiger partial charge in [0.15, 0.2) is 0 Å². The van der Waals surface area contributed by atoms with Crippen LogP contribution in [-0.4, -0.2) is 33.4 Å². The fourth-order valence-corrected chi connectivity index (χ4v) is 1.19. The molecular weight excluding hydrogens is 238 g/mol. The summed E-state index contributed by atoms with van der Waals surface area (Å²) in [7, 11) is 0. The Morgan fingerprint density at radius 2 is 2.06 bits per heavy atom. The highest BCUT2D eigenvalue weighted by Gasteiger charge is 2.07. The minimum absolute atomic E-state index is 0.0700. The number of carbonyl (C=O) groups excluding carboxylic acids is 1. The molecule has 0 spiro atoms. The first kappa shape index (κ1) is 13.8. The van der Waals surface area contributed by atoms with Gasteiger partial charge in [-0.3, -0.25) is 14.9 Å². The minimum Gasteiger partial charge on any atom is -0.354 e. The van der Waals surface area contributed by atoms with Crippen molar-refractivity contribution in [1.29, 1.82) is 0 Å². The van der Waals surface area contributed by atoms with Crippen LogP contribution in [0.4, 0.5) is 11.6 Å². The Labute approximate surface area is 104 Å². The highest BCUT2D eigenvalue weighted by atomic mass is 16.6. The Morgan fingerprint density at radius 1 is 1.44 bits per heavy atom. The first-order chi connectivity index (χ1) is 8.49. The third-order valence-corrected chi connectivity index (χ3v) is 1.93. The number of nitro groups is 1. The van der Waals surface area contributed by atoms with Gasteiger partial charge in [-0.2, -0.15) is 0 Å². The molecule has 0 aliphatic rings. The van der Waals surface area contributed by atoms with Crippen molar-refractivity contribution in [3.05, 3.63) is 22.5 Å². The summed E-state index contributed by atoms with van der Waals surface area (Å²) in [6.45, 7) is 4.13. The predicted molar refractivity (Wildman–Crippen MR) is 65.1 cm³/mol. The van der Waals surface area contributed by atoms with E-state index in [0.29, 0.717) is 13.0 Å². The standard InChI is InChI=1S/C10H15N5O3/c1-7(2)14-9(16)3-4-11-10-12-5-8(6-13-10)15(17)18/h5-7H,3-4H2,1-2H3,(H,14,16)(H,11,12,13). The van der Waals surface area contributed by atoms with E-state index in [0.717, 1.165) is 12.4 Å². The Hall–Kier alpha value is -2.25. The van der Waals surface area contributed by atoms with E-state index in [1.807, 2.05) is 13.8 Å². The van der Waals surface area contributed by atoms with Crippen LogP contribution in [0.15, 0.2) is 12.4 Å². The van der Waals surface area contributed by atoms with Crippen LogP contribution in [0.3, 0.4) is 0 Å². The summed E-state index contributed by atoms with van der Waals surface area (Å²) < 4.78 is 0. The summed E-state index contributed by atoms with van der Waals surface area (Å²) >= 11 is 0. The number of nitrogens with zero attached hydrogens (tertiary/aromatic N) is 3. The zero-order valence-electron chi connectivity index (χ0n) is 10.2. The van der Waals surface area contributed by atoms with Crippen molar-refractivity contribution in [3.63, 3.8) is 0 Å². The first-order valence-electron chi connectivity index (χ1n) is 5.48. The van der Waals surface area contributed by atoms with Crippen molar-refractivity contribution in [2.45, 2.75) is 26.3 Å². The number of hydrogen-bond acceptors (Lipinski definition) is 6. The second-order valence-corrected chi connectivity index (χ2v) is 3.92. The number of rotatable bonds is 6. The van der Waals surface area contributed by atoms with Crippen LogP contribution in [0.1, 0.15) is 20.3 Å². The Balaban J connectivity index is 2.35. The molecule has 0 saturated heterocycles. The number of carbonyl (C=O) groups is 1. The molecule has 0 aromatic carbocycles. The van der Waals surface area contributed by atoms with Crippen molar-refractivity contribution < 1.29 is 9.72 Å². The van der Waals surface area contributed by atoms with Gasteiger partial charge in [0, 0.05) is 19.0 Å². The van der Waals surface area contributed by atoms with Gasteiger partial charge >= 0.3 is 5.69 Å². The fraction of sp³-hybridized carbons (Fsp3) is 0.500. The molecule has 0 aliphatic carbocycles. The number of anilines is 1. The first-order valence-corrected chi connectivity index (χ1v) is 5.48. The molecule has 1 rings (SSSR count). The van der Waals surface area contributed by atoms with E-state index in [2.05, 4.69) is 20.6 Å². The smallest absolute Gasteiger partial charge is 0.305 e. The van der Waals surface area contributed by atoms with E-state index in [1.165, 1.54) is 0 Å². The van der Waals surface area contributed by atoms with Crippen molar-refractivity contribution in [3.8, 4) is 0 Å². The molecule has 1 aromatic rings. The van der Waals surface area contributed by atoms with Crippen molar-refractivity contribution in [1.82, 2.24) is 15.3 Å². The van der Waals surface area contributed by atoms with Crippen LogP contribution in [0.25, 0.3) is 0 Å². The van der Waals surface area contributed by atoms with E-state index in [4.69, 9.17) is 0 Å². The lowest BCUT2D eigenvalue weighted by molar-refractivity contribution is -0.385. The topological polar surface area (TPSA) is 110 Å². The normalized spacial score (nSPS) is 10.2. The fourth-order valence-electron chi connectivity index (χ4n) is 1.19. The molecule has 0 atom stereocenters. The second-order valence-electron chi connectivity index (χ2n) is 3.92. The van der Waals surface area contributed by atoms with Crippen LogP contribution >= 0.6 is 0 Å².